The molecule has 402 valence electrons. The van der Waals surface area contributed by atoms with Crippen molar-refractivity contribution in [1.29, 1.82) is 0 Å². The number of likely N-dealkylation sites (N-methyl/N-ethyl adjacent to an activating group) is 1. The standard InChI is InChI=1S/C59H115N2O6P/c1-6-8-10-12-14-16-18-20-22-23-24-25-26-27-28-29-30-31-32-33-34-35-36-37-39-41-43-45-47-49-51-53-59(63)60-57(56-67-68(64,65)66-55-54-61(3,4)5)58(62)52-50-48-46-44-42-40-38-21-19-17-15-13-11-9-7-2/h18,20,23-24,50,52,57-58,62H,6-17,19,21-22,25-49,51,53-56H2,1-5H3,(H-,60,63,64,65)/b20-18-,24-23-,52-50+. The Bertz CT molecular complexity index is 1200. The number of nitrogens with one attached hydrogen (secondary N) is 1. The molecule has 1 amide bonds. The van der Waals surface area contributed by atoms with Crippen molar-refractivity contribution in [3.8, 4) is 0 Å². The van der Waals surface area contributed by atoms with Crippen LogP contribution >= 0.6 is 7.82 Å². The largest absolute Gasteiger partial charge is 0.756 e. The zero-order chi connectivity index (χ0) is 49.9. The van der Waals surface area contributed by atoms with E-state index in [1.54, 1.807) is 6.08 Å². The Labute approximate surface area is 423 Å². The van der Waals surface area contributed by atoms with Crippen LogP contribution in [0.3, 0.4) is 0 Å². The third-order valence-corrected chi connectivity index (χ3v) is 14.3. The number of hydrogen-bond acceptors (Lipinski definition) is 6. The van der Waals surface area contributed by atoms with Gasteiger partial charge in [-0.15, -0.1) is 0 Å². The van der Waals surface area contributed by atoms with Gasteiger partial charge in [-0.2, -0.15) is 0 Å². The van der Waals surface area contributed by atoms with E-state index in [1.165, 1.54) is 218 Å². The van der Waals surface area contributed by atoms with Gasteiger partial charge < -0.3 is 28.8 Å². The minimum Gasteiger partial charge on any atom is -0.756 e. The molecule has 0 aromatic heterocycles. The Kier molecular flexibility index (Phi) is 49.7. The maximum Gasteiger partial charge on any atom is 0.268 e. The second-order valence-corrected chi connectivity index (χ2v) is 22.8. The second-order valence-electron chi connectivity index (χ2n) is 21.4. The number of carbonyl (C=O) groups is 1. The number of quaternary nitrogens is 1. The highest BCUT2D eigenvalue weighted by molar-refractivity contribution is 7.45. The molecule has 0 aromatic carbocycles. The number of aliphatic hydroxyl groups is 1. The van der Waals surface area contributed by atoms with Crippen molar-refractivity contribution in [3.05, 3.63) is 36.5 Å². The molecule has 0 saturated heterocycles. The number of phosphoric ester groups is 1. The molecule has 0 bridgehead atoms. The minimum atomic E-state index is -4.59. The summed E-state index contributed by atoms with van der Waals surface area (Å²) in [5.74, 6) is -0.193. The first-order valence-electron chi connectivity index (χ1n) is 29.4. The Morgan fingerprint density at radius 2 is 0.853 bits per heavy atom. The van der Waals surface area contributed by atoms with Gasteiger partial charge >= 0.3 is 0 Å². The molecule has 0 aliphatic heterocycles. The Morgan fingerprint density at radius 3 is 1.22 bits per heavy atom. The predicted octanol–water partition coefficient (Wildman–Crippen LogP) is 17.1. The van der Waals surface area contributed by atoms with Gasteiger partial charge in [-0.3, -0.25) is 9.36 Å². The molecule has 0 aliphatic carbocycles. The molecular weight excluding hydrogens is 864 g/mol. The number of unbranched alkanes of at least 4 members (excludes halogenated alkanes) is 37. The van der Waals surface area contributed by atoms with Crippen LogP contribution in [-0.2, 0) is 18.4 Å². The first kappa shape index (κ1) is 66.7. The summed E-state index contributed by atoms with van der Waals surface area (Å²) in [7, 11) is 1.27. The van der Waals surface area contributed by atoms with Gasteiger partial charge in [0.1, 0.15) is 13.2 Å². The Morgan fingerprint density at radius 1 is 0.515 bits per heavy atom. The number of allylic oxidation sites excluding steroid dienone is 5. The first-order valence-corrected chi connectivity index (χ1v) is 30.8. The third-order valence-electron chi connectivity index (χ3n) is 13.3. The lowest BCUT2D eigenvalue weighted by molar-refractivity contribution is -0.870. The summed E-state index contributed by atoms with van der Waals surface area (Å²) in [5.41, 5.74) is 0. The number of amides is 1. The average Bonchev–Trinajstić information content (AvgIpc) is 3.30. The van der Waals surface area contributed by atoms with E-state index in [9.17, 15) is 19.4 Å². The molecular formula is C59H115N2O6P. The van der Waals surface area contributed by atoms with E-state index in [2.05, 4.69) is 43.5 Å². The molecule has 0 heterocycles. The summed E-state index contributed by atoms with van der Waals surface area (Å²) in [6.07, 6.45) is 65.1. The number of rotatable bonds is 54. The minimum absolute atomic E-state index is 0.000597. The molecule has 3 unspecified atom stereocenters. The Hall–Kier alpha value is -1.28. The van der Waals surface area contributed by atoms with E-state index < -0.39 is 20.0 Å². The molecule has 0 saturated carbocycles. The van der Waals surface area contributed by atoms with Gasteiger partial charge in [0, 0.05) is 6.42 Å². The van der Waals surface area contributed by atoms with Gasteiger partial charge in [0.25, 0.3) is 7.82 Å². The van der Waals surface area contributed by atoms with E-state index in [0.717, 1.165) is 44.9 Å². The van der Waals surface area contributed by atoms with Crippen LogP contribution in [0.15, 0.2) is 36.5 Å². The van der Waals surface area contributed by atoms with Crippen LogP contribution in [0.1, 0.15) is 284 Å². The van der Waals surface area contributed by atoms with Crippen molar-refractivity contribution >= 4 is 13.7 Å². The smallest absolute Gasteiger partial charge is 0.268 e. The van der Waals surface area contributed by atoms with Crippen molar-refractivity contribution in [2.45, 2.75) is 296 Å². The van der Waals surface area contributed by atoms with E-state index in [0.29, 0.717) is 17.4 Å². The van der Waals surface area contributed by atoms with Gasteiger partial charge in [0.05, 0.1) is 39.9 Å². The van der Waals surface area contributed by atoms with E-state index in [4.69, 9.17) is 9.05 Å². The summed E-state index contributed by atoms with van der Waals surface area (Å²) >= 11 is 0. The van der Waals surface area contributed by atoms with Crippen LogP contribution in [0.2, 0.25) is 0 Å². The van der Waals surface area contributed by atoms with Crippen LogP contribution in [0.5, 0.6) is 0 Å². The third kappa shape index (κ3) is 52.5. The van der Waals surface area contributed by atoms with E-state index in [1.807, 2.05) is 27.2 Å². The summed E-state index contributed by atoms with van der Waals surface area (Å²) < 4.78 is 23.3. The summed E-state index contributed by atoms with van der Waals surface area (Å²) in [4.78, 5) is 25.5. The highest BCUT2D eigenvalue weighted by atomic mass is 31.2. The molecule has 0 spiro atoms. The second kappa shape index (κ2) is 50.7. The number of phosphoric acid groups is 1. The number of carbonyl (C=O) groups excluding carboxylic acids is 1. The van der Waals surface area contributed by atoms with Gasteiger partial charge in [-0.25, -0.2) is 0 Å². The van der Waals surface area contributed by atoms with Crippen molar-refractivity contribution in [1.82, 2.24) is 5.32 Å². The van der Waals surface area contributed by atoms with Crippen LogP contribution in [0.25, 0.3) is 0 Å². The maximum atomic E-state index is 13.0. The number of aliphatic hydroxyl groups excluding tert-OH is 1. The van der Waals surface area contributed by atoms with Crippen LogP contribution < -0.4 is 10.2 Å². The lowest BCUT2D eigenvalue weighted by Crippen LogP contribution is -2.45. The average molecular weight is 980 g/mol. The van der Waals surface area contributed by atoms with Crippen LogP contribution in [0, 0.1) is 0 Å². The fraction of sp³-hybridized carbons (Fsp3) is 0.881. The molecule has 68 heavy (non-hydrogen) atoms. The summed E-state index contributed by atoms with van der Waals surface area (Å²) in [6.45, 7) is 4.67. The lowest BCUT2D eigenvalue weighted by atomic mass is 10.0. The van der Waals surface area contributed by atoms with E-state index in [-0.39, 0.29) is 19.1 Å². The quantitative estimate of drug-likeness (QED) is 0.0272. The molecule has 2 N–H and O–H groups in total. The summed E-state index contributed by atoms with van der Waals surface area (Å²) in [6, 6.07) is -0.884. The zero-order valence-electron chi connectivity index (χ0n) is 45.8. The normalized spacial score (nSPS) is 14.2. The number of hydrogen-bond donors (Lipinski definition) is 2. The molecule has 0 aromatic rings. The van der Waals surface area contributed by atoms with Gasteiger partial charge in [-0.1, -0.05) is 262 Å². The van der Waals surface area contributed by atoms with Crippen molar-refractivity contribution in [2.75, 3.05) is 40.9 Å². The molecule has 0 fully saturated rings. The Balaban J connectivity index is 4.05. The summed E-state index contributed by atoms with van der Waals surface area (Å²) in [5, 5.41) is 13.9. The molecule has 3 atom stereocenters. The highest BCUT2D eigenvalue weighted by Gasteiger charge is 2.23. The van der Waals surface area contributed by atoms with E-state index >= 15 is 0 Å². The van der Waals surface area contributed by atoms with Crippen LogP contribution in [0.4, 0.5) is 0 Å². The molecule has 0 aliphatic rings. The number of nitrogens with zero attached hydrogens (tertiary/aromatic N) is 1. The van der Waals surface area contributed by atoms with Crippen molar-refractivity contribution in [2.24, 2.45) is 0 Å². The maximum absolute atomic E-state index is 13.0. The highest BCUT2D eigenvalue weighted by Crippen LogP contribution is 2.38. The molecule has 0 radical (unpaired) electrons. The fourth-order valence-corrected chi connectivity index (χ4v) is 9.44. The predicted molar refractivity (Wildman–Crippen MR) is 293 cm³/mol. The van der Waals surface area contributed by atoms with Gasteiger partial charge in [-0.05, 0) is 51.4 Å². The SMILES string of the molecule is CCCCCCC/C=C\C/C=C\CCCCCCCCCCCCCCCCCCCCCC(=O)NC(COP(=O)([O-])OCC[N+](C)(C)C)C(O)/C=C/CCCCCCCCCCCCCCC. The molecule has 0 rings (SSSR count). The van der Waals surface area contributed by atoms with Crippen molar-refractivity contribution in [3.63, 3.8) is 0 Å². The molecule has 8 nitrogen and oxygen atoms in total. The van der Waals surface area contributed by atoms with Crippen molar-refractivity contribution < 1.29 is 32.9 Å². The monoisotopic (exact) mass is 979 g/mol. The fourth-order valence-electron chi connectivity index (χ4n) is 8.72. The topological polar surface area (TPSA) is 108 Å². The van der Waals surface area contributed by atoms with Crippen LogP contribution in [-0.4, -0.2) is 68.5 Å². The lowest BCUT2D eigenvalue weighted by Gasteiger charge is -2.29. The van der Waals surface area contributed by atoms with Gasteiger partial charge in [0.2, 0.25) is 5.91 Å². The van der Waals surface area contributed by atoms with Gasteiger partial charge in [0.15, 0.2) is 0 Å². The first-order chi connectivity index (χ1) is 33.0. The zero-order valence-corrected chi connectivity index (χ0v) is 46.7. The molecule has 9 heteroatoms.